The van der Waals surface area contributed by atoms with Crippen LogP contribution in [0.4, 0.5) is 17.1 Å². The lowest BCUT2D eigenvalue weighted by molar-refractivity contribution is -0.153. The van der Waals surface area contributed by atoms with Crippen molar-refractivity contribution in [1.29, 1.82) is 5.26 Å². The summed E-state index contributed by atoms with van der Waals surface area (Å²) in [6, 6.07) is 16.8. The van der Waals surface area contributed by atoms with Crippen LogP contribution in [0.15, 0.2) is 58.8 Å². The van der Waals surface area contributed by atoms with Gasteiger partial charge in [-0.1, -0.05) is 6.92 Å². The maximum atomic E-state index is 12.1. The van der Waals surface area contributed by atoms with Crippen LogP contribution in [-0.2, 0) is 9.53 Å². The topological polar surface area (TPSA) is 78.0 Å². The molecule has 0 bridgehead atoms. The zero-order valence-electron chi connectivity index (χ0n) is 17.6. The summed E-state index contributed by atoms with van der Waals surface area (Å²) in [7, 11) is 0. The molecule has 0 aliphatic rings. The molecule has 29 heavy (non-hydrogen) atoms. The average molecular weight is 393 g/mol. The molecule has 0 saturated heterocycles. The van der Waals surface area contributed by atoms with Gasteiger partial charge in [-0.15, -0.1) is 0 Å². The first-order chi connectivity index (χ1) is 13.9. The van der Waals surface area contributed by atoms with E-state index in [1.807, 2.05) is 45.0 Å². The third-order valence-electron chi connectivity index (χ3n) is 4.90. The molecule has 0 aliphatic carbocycles. The second-order valence-corrected chi connectivity index (χ2v) is 7.33. The number of esters is 1. The minimum Gasteiger partial charge on any atom is -0.463 e. The van der Waals surface area contributed by atoms with Crippen LogP contribution in [0.1, 0.15) is 39.7 Å². The van der Waals surface area contributed by atoms with Gasteiger partial charge in [0.2, 0.25) is 0 Å². The second-order valence-electron chi connectivity index (χ2n) is 7.33. The predicted octanol–water partition coefficient (Wildman–Crippen LogP) is 5.78. The van der Waals surface area contributed by atoms with Crippen LogP contribution in [0.25, 0.3) is 0 Å². The van der Waals surface area contributed by atoms with E-state index in [4.69, 9.17) is 10.00 Å². The fourth-order valence-corrected chi connectivity index (χ4v) is 2.51. The molecule has 2 aromatic rings. The fraction of sp³-hybridized carbons (Fsp3) is 0.391. The number of carbonyl (C=O) groups excluding carboxylic acids is 1. The standard InChI is InChI=1S/C23H28N4O2/c1-5-23(3,4)22(28)29-16-15-27(6-2)21-13-11-20(12-14-21)26-25-19-9-7-18(17-24)8-10-19/h7-14H,5-6,15-16H2,1-4H3. The van der Waals surface area contributed by atoms with Gasteiger partial charge in [0, 0.05) is 12.2 Å². The smallest absolute Gasteiger partial charge is 0.311 e. The molecule has 0 radical (unpaired) electrons. The molecule has 0 amide bonds. The van der Waals surface area contributed by atoms with E-state index in [1.165, 1.54) is 0 Å². The Hall–Kier alpha value is -3.20. The SMILES string of the molecule is CCN(CCOC(=O)C(C)(C)CC)c1ccc(N=Nc2ccc(C#N)cc2)cc1. The minimum atomic E-state index is -0.446. The Balaban J connectivity index is 1.93. The van der Waals surface area contributed by atoms with Crippen LogP contribution in [-0.4, -0.2) is 25.7 Å². The van der Waals surface area contributed by atoms with E-state index < -0.39 is 5.41 Å². The van der Waals surface area contributed by atoms with E-state index in [9.17, 15) is 4.79 Å². The van der Waals surface area contributed by atoms with Gasteiger partial charge >= 0.3 is 5.97 Å². The van der Waals surface area contributed by atoms with Crippen molar-refractivity contribution in [2.24, 2.45) is 15.6 Å². The zero-order chi connectivity index (χ0) is 21.3. The van der Waals surface area contributed by atoms with Crippen molar-refractivity contribution in [3.05, 3.63) is 54.1 Å². The number of nitriles is 1. The predicted molar refractivity (Wildman–Crippen MR) is 115 cm³/mol. The van der Waals surface area contributed by atoms with Crippen LogP contribution in [0.3, 0.4) is 0 Å². The minimum absolute atomic E-state index is 0.158. The summed E-state index contributed by atoms with van der Waals surface area (Å²) < 4.78 is 5.45. The third-order valence-corrected chi connectivity index (χ3v) is 4.90. The van der Waals surface area contributed by atoms with Crippen molar-refractivity contribution in [3.63, 3.8) is 0 Å². The second kappa shape index (κ2) is 10.4. The number of anilines is 1. The van der Waals surface area contributed by atoms with Crippen LogP contribution in [0.2, 0.25) is 0 Å². The molecule has 0 aliphatic heterocycles. The molecule has 0 fully saturated rings. The summed E-state index contributed by atoms with van der Waals surface area (Å²) in [5.74, 6) is -0.158. The lowest BCUT2D eigenvalue weighted by Crippen LogP contribution is -2.31. The number of benzene rings is 2. The van der Waals surface area contributed by atoms with Crippen molar-refractivity contribution in [2.45, 2.75) is 34.1 Å². The highest BCUT2D eigenvalue weighted by Crippen LogP contribution is 2.23. The van der Waals surface area contributed by atoms with Gasteiger partial charge in [-0.3, -0.25) is 4.79 Å². The number of hydrogen-bond acceptors (Lipinski definition) is 6. The van der Waals surface area contributed by atoms with Crippen LogP contribution >= 0.6 is 0 Å². The van der Waals surface area contributed by atoms with Crippen LogP contribution < -0.4 is 4.90 Å². The molecule has 152 valence electrons. The summed E-state index contributed by atoms with van der Waals surface area (Å²) in [6.45, 7) is 9.65. The van der Waals surface area contributed by atoms with E-state index in [1.54, 1.807) is 24.3 Å². The average Bonchev–Trinajstić information content (AvgIpc) is 2.76. The Morgan fingerprint density at radius 1 is 1.03 bits per heavy atom. The van der Waals surface area contributed by atoms with Gasteiger partial charge in [-0.2, -0.15) is 15.5 Å². The molecule has 0 spiro atoms. The normalized spacial score (nSPS) is 11.3. The highest BCUT2D eigenvalue weighted by molar-refractivity contribution is 5.75. The first-order valence-corrected chi connectivity index (χ1v) is 9.83. The molecule has 2 rings (SSSR count). The van der Waals surface area contributed by atoms with Crippen molar-refractivity contribution < 1.29 is 9.53 Å². The Morgan fingerprint density at radius 3 is 2.07 bits per heavy atom. The first kappa shape index (κ1) is 22.1. The van der Waals surface area contributed by atoms with Gasteiger partial charge in [0.05, 0.1) is 35.0 Å². The fourth-order valence-electron chi connectivity index (χ4n) is 2.51. The summed E-state index contributed by atoms with van der Waals surface area (Å²) in [6.07, 6.45) is 0.752. The number of ether oxygens (including phenoxy) is 1. The van der Waals surface area contributed by atoms with E-state index in [0.717, 1.165) is 24.3 Å². The quantitative estimate of drug-likeness (QED) is 0.400. The summed E-state index contributed by atoms with van der Waals surface area (Å²) in [5, 5.41) is 17.2. The maximum Gasteiger partial charge on any atom is 0.311 e. The molecule has 0 atom stereocenters. The molecular formula is C23H28N4O2. The Morgan fingerprint density at radius 2 is 1.59 bits per heavy atom. The van der Waals surface area contributed by atoms with Crippen LogP contribution in [0, 0.1) is 16.7 Å². The molecule has 0 heterocycles. The van der Waals surface area contributed by atoms with E-state index in [2.05, 4.69) is 28.1 Å². The molecule has 0 N–H and O–H groups in total. The molecule has 6 heteroatoms. The molecule has 0 aromatic heterocycles. The zero-order valence-corrected chi connectivity index (χ0v) is 17.6. The van der Waals surface area contributed by atoms with E-state index >= 15 is 0 Å². The van der Waals surface area contributed by atoms with Gasteiger partial charge in [0.25, 0.3) is 0 Å². The number of carbonyl (C=O) groups is 1. The van der Waals surface area contributed by atoms with Crippen molar-refractivity contribution in [3.8, 4) is 6.07 Å². The molecule has 2 aromatic carbocycles. The Kier molecular flexibility index (Phi) is 7.90. The molecule has 0 saturated carbocycles. The highest BCUT2D eigenvalue weighted by atomic mass is 16.5. The van der Waals surface area contributed by atoms with Crippen molar-refractivity contribution >= 4 is 23.0 Å². The van der Waals surface area contributed by atoms with Gasteiger partial charge in [0.15, 0.2) is 0 Å². The van der Waals surface area contributed by atoms with Gasteiger partial charge in [0.1, 0.15) is 6.61 Å². The Bertz CT molecular complexity index is 865. The van der Waals surface area contributed by atoms with Crippen LogP contribution in [0.5, 0.6) is 0 Å². The summed E-state index contributed by atoms with van der Waals surface area (Å²) in [4.78, 5) is 14.2. The number of azo groups is 1. The maximum absolute atomic E-state index is 12.1. The van der Waals surface area contributed by atoms with E-state index in [-0.39, 0.29) is 5.97 Å². The first-order valence-electron chi connectivity index (χ1n) is 9.83. The monoisotopic (exact) mass is 392 g/mol. The molecule has 6 nitrogen and oxygen atoms in total. The largest absolute Gasteiger partial charge is 0.463 e. The summed E-state index contributed by atoms with van der Waals surface area (Å²) in [5.41, 5.74) is 2.62. The molecule has 0 unspecified atom stereocenters. The number of nitrogens with zero attached hydrogens (tertiary/aromatic N) is 4. The van der Waals surface area contributed by atoms with Gasteiger partial charge < -0.3 is 9.64 Å². The number of hydrogen-bond donors (Lipinski definition) is 0. The summed E-state index contributed by atoms with van der Waals surface area (Å²) >= 11 is 0. The Labute approximate surface area is 172 Å². The van der Waals surface area contributed by atoms with Crippen molar-refractivity contribution in [2.75, 3.05) is 24.6 Å². The third kappa shape index (κ3) is 6.42. The molecular weight excluding hydrogens is 364 g/mol. The lowest BCUT2D eigenvalue weighted by atomic mass is 9.91. The highest BCUT2D eigenvalue weighted by Gasteiger charge is 2.26. The van der Waals surface area contributed by atoms with E-state index in [0.29, 0.717) is 24.4 Å². The van der Waals surface area contributed by atoms with Crippen molar-refractivity contribution in [1.82, 2.24) is 0 Å². The number of rotatable bonds is 9. The van der Waals surface area contributed by atoms with Gasteiger partial charge in [-0.05, 0) is 75.7 Å². The number of likely N-dealkylation sites (N-methyl/N-ethyl adjacent to an activating group) is 1. The lowest BCUT2D eigenvalue weighted by Gasteiger charge is -2.25. The van der Waals surface area contributed by atoms with Gasteiger partial charge in [-0.25, -0.2) is 0 Å².